The lowest BCUT2D eigenvalue weighted by molar-refractivity contribution is -0.137. The summed E-state index contributed by atoms with van der Waals surface area (Å²) in [6.45, 7) is 2.64. The molecule has 1 atom stereocenters. The first-order chi connectivity index (χ1) is 10.5. The fraction of sp³-hybridized carbons (Fsp3) is 0.647. The summed E-state index contributed by atoms with van der Waals surface area (Å²) in [5.74, 6) is 0. The van der Waals surface area contributed by atoms with E-state index in [1.807, 2.05) is 18.2 Å². The van der Waals surface area contributed by atoms with Crippen molar-refractivity contribution >= 4 is 0 Å². The predicted molar refractivity (Wildman–Crippen MR) is 80.8 cm³/mol. The molecule has 0 aliphatic carbocycles. The van der Waals surface area contributed by atoms with Crippen LogP contribution >= 0.6 is 0 Å². The van der Waals surface area contributed by atoms with E-state index >= 15 is 0 Å². The molecular formula is C17H24F3NO. The topological polar surface area (TPSA) is 12.5 Å². The fourth-order valence-corrected chi connectivity index (χ4v) is 2.84. The van der Waals surface area contributed by atoms with Crippen LogP contribution in [0.4, 0.5) is 13.2 Å². The Morgan fingerprint density at radius 2 is 1.91 bits per heavy atom. The smallest absolute Gasteiger partial charge is 0.376 e. The van der Waals surface area contributed by atoms with E-state index in [1.165, 1.54) is 5.56 Å². The van der Waals surface area contributed by atoms with Crippen LogP contribution in [0.5, 0.6) is 0 Å². The average molecular weight is 315 g/mol. The SMILES string of the molecule is FC(F)(F)CCCN1CCO[C@@H](CCCc2ccccc2)C1. The summed E-state index contributed by atoms with van der Waals surface area (Å²) in [6, 6.07) is 10.3. The fourth-order valence-electron chi connectivity index (χ4n) is 2.84. The number of morpholine rings is 1. The molecule has 2 nitrogen and oxygen atoms in total. The molecule has 1 fully saturated rings. The molecule has 0 unspecified atom stereocenters. The zero-order chi connectivity index (χ0) is 15.8. The lowest BCUT2D eigenvalue weighted by Crippen LogP contribution is -2.43. The first-order valence-electron chi connectivity index (χ1n) is 7.97. The Labute approximate surface area is 130 Å². The largest absolute Gasteiger partial charge is 0.389 e. The average Bonchev–Trinajstić information content (AvgIpc) is 2.47. The van der Waals surface area contributed by atoms with Gasteiger partial charge in [-0.3, -0.25) is 4.90 Å². The zero-order valence-electron chi connectivity index (χ0n) is 12.8. The Hall–Kier alpha value is -1.07. The standard InChI is InChI=1S/C17H24F3NO/c18-17(19,20)10-5-11-21-12-13-22-16(14-21)9-4-8-15-6-2-1-3-7-15/h1-3,6-7,16H,4-5,8-14H2/t16-/m0/s1. The molecule has 1 aliphatic rings. The van der Waals surface area contributed by atoms with Gasteiger partial charge in [0.05, 0.1) is 12.7 Å². The minimum Gasteiger partial charge on any atom is -0.376 e. The second-order valence-corrected chi connectivity index (χ2v) is 5.89. The van der Waals surface area contributed by atoms with Gasteiger partial charge in [0, 0.05) is 19.5 Å². The van der Waals surface area contributed by atoms with Crippen LogP contribution in [0.25, 0.3) is 0 Å². The molecule has 22 heavy (non-hydrogen) atoms. The van der Waals surface area contributed by atoms with Crippen LogP contribution < -0.4 is 0 Å². The van der Waals surface area contributed by atoms with Crippen LogP contribution in [0, 0.1) is 0 Å². The van der Waals surface area contributed by atoms with Gasteiger partial charge < -0.3 is 4.74 Å². The molecule has 0 aromatic heterocycles. The van der Waals surface area contributed by atoms with E-state index < -0.39 is 12.6 Å². The first kappa shape index (κ1) is 17.3. The lowest BCUT2D eigenvalue weighted by atomic mass is 10.0. The highest BCUT2D eigenvalue weighted by atomic mass is 19.4. The molecule has 1 heterocycles. The van der Waals surface area contributed by atoms with Gasteiger partial charge >= 0.3 is 6.18 Å². The maximum absolute atomic E-state index is 12.2. The molecule has 0 N–H and O–H groups in total. The molecule has 1 aromatic carbocycles. The van der Waals surface area contributed by atoms with Crippen LogP contribution in [-0.4, -0.2) is 43.4 Å². The van der Waals surface area contributed by atoms with E-state index in [1.54, 1.807) is 0 Å². The molecule has 0 amide bonds. The van der Waals surface area contributed by atoms with Crippen molar-refractivity contribution < 1.29 is 17.9 Å². The number of aryl methyl sites for hydroxylation is 1. The van der Waals surface area contributed by atoms with Crippen molar-refractivity contribution in [1.29, 1.82) is 0 Å². The highest BCUT2D eigenvalue weighted by molar-refractivity contribution is 5.14. The molecule has 1 saturated heterocycles. The van der Waals surface area contributed by atoms with Crippen LogP contribution in [0.15, 0.2) is 30.3 Å². The van der Waals surface area contributed by atoms with Gasteiger partial charge in [0.15, 0.2) is 0 Å². The molecule has 124 valence electrons. The van der Waals surface area contributed by atoms with Crippen LogP contribution in [-0.2, 0) is 11.2 Å². The monoisotopic (exact) mass is 315 g/mol. The lowest BCUT2D eigenvalue weighted by Gasteiger charge is -2.33. The Balaban J connectivity index is 1.63. The maximum atomic E-state index is 12.2. The van der Waals surface area contributed by atoms with Crippen molar-refractivity contribution in [3.63, 3.8) is 0 Å². The number of alkyl halides is 3. The second-order valence-electron chi connectivity index (χ2n) is 5.89. The minimum absolute atomic E-state index is 0.156. The summed E-state index contributed by atoms with van der Waals surface area (Å²) < 4.78 is 42.2. The van der Waals surface area contributed by atoms with Gasteiger partial charge in [-0.2, -0.15) is 13.2 Å². The molecule has 0 spiro atoms. The Morgan fingerprint density at radius 1 is 1.14 bits per heavy atom. The van der Waals surface area contributed by atoms with Gasteiger partial charge in [-0.05, 0) is 37.8 Å². The van der Waals surface area contributed by atoms with Crippen molar-refractivity contribution in [2.45, 2.75) is 44.4 Å². The van der Waals surface area contributed by atoms with E-state index in [0.29, 0.717) is 13.2 Å². The molecule has 5 heteroatoms. The number of hydrogen-bond acceptors (Lipinski definition) is 2. The van der Waals surface area contributed by atoms with E-state index in [0.717, 1.165) is 32.4 Å². The highest BCUT2D eigenvalue weighted by Crippen LogP contribution is 2.22. The quantitative estimate of drug-likeness (QED) is 0.752. The summed E-state index contributed by atoms with van der Waals surface area (Å²) in [7, 11) is 0. The van der Waals surface area contributed by atoms with Gasteiger partial charge in [-0.1, -0.05) is 30.3 Å². The zero-order valence-corrected chi connectivity index (χ0v) is 12.8. The Morgan fingerprint density at radius 3 is 2.64 bits per heavy atom. The molecule has 0 saturated carbocycles. The summed E-state index contributed by atoms with van der Waals surface area (Å²) in [6.07, 6.45) is -1.36. The van der Waals surface area contributed by atoms with E-state index in [4.69, 9.17) is 4.74 Å². The molecule has 1 aliphatic heterocycles. The molecule has 2 rings (SSSR count). The normalized spacial score (nSPS) is 20.2. The molecule has 1 aromatic rings. The molecular weight excluding hydrogens is 291 g/mol. The highest BCUT2D eigenvalue weighted by Gasteiger charge is 2.27. The number of halogens is 3. The Kier molecular flexibility index (Phi) is 6.70. The van der Waals surface area contributed by atoms with Gasteiger partial charge in [0.25, 0.3) is 0 Å². The van der Waals surface area contributed by atoms with Gasteiger partial charge in [-0.15, -0.1) is 0 Å². The third-order valence-corrected chi connectivity index (χ3v) is 3.99. The predicted octanol–water partition coefficient (Wildman–Crippen LogP) is 4.05. The van der Waals surface area contributed by atoms with E-state index in [9.17, 15) is 13.2 Å². The third kappa shape index (κ3) is 6.79. The summed E-state index contributed by atoms with van der Waals surface area (Å²) in [5.41, 5.74) is 1.32. The maximum Gasteiger partial charge on any atom is 0.389 e. The molecule has 0 bridgehead atoms. The van der Waals surface area contributed by atoms with Crippen molar-refractivity contribution in [2.24, 2.45) is 0 Å². The summed E-state index contributed by atoms with van der Waals surface area (Å²) in [4.78, 5) is 2.10. The van der Waals surface area contributed by atoms with Crippen LogP contribution in [0.2, 0.25) is 0 Å². The summed E-state index contributed by atoms with van der Waals surface area (Å²) >= 11 is 0. The number of hydrogen-bond donors (Lipinski definition) is 0. The van der Waals surface area contributed by atoms with Crippen molar-refractivity contribution in [3.8, 4) is 0 Å². The number of benzene rings is 1. The molecule has 0 radical (unpaired) electrons. The van der Waals surface area contributed by atoms with Crippen molar-refractivity contribution in [1.82, 2.24) is 4.90 Å². The number of nitrogens with zero attached hydrogens (tertiary/aromatic N) is 1. The van der Waals surface area contributed by atoms with Crippen LogP contribution in [0.1, 0.15) is 31.2 Å². The number of ether oxygens (including phenoxy) is 1. The van der Waals surface area contributed by atoms with Gasteiger partial charge in [0.1, 0.15) is 0 Å². The van der Waals surface area contributed by atoms with Gasteiger partial charge in [0.2, 0.25) is 0 Å². The second kappa shape index (κ2) is 8.53. The van der Waals surface area contributed by atoms with Gasteiger partial charge in [-0.25, -0.2) is 0 Å². The van der Waals surface area contributed by atoms with Crippen LogP contribution in [0.3, 0.4) is 0 Å². The van der Waals surface area contributed by atoms with E-state index in [2.05, 4.69) is 17.0 Å². The van der Waals surface area contributed by atoms with E-state index in [-0.39, 0.29) is 12.5 Å². The first-order valence-corrected chi connectivity index (χ1v) is 7.97. The summed E-state index contributed by atoms with van der Waals surface area (Å²) in [5, 5.41) is 0. The number of rotatable bonds is 7. The van der Waals surface area contributed by atoms with Crippen molar-refractivity contribution in [2.75, 3.05) is 26.2 Å². The minimum atomic E-state index is -4.04. The third-order valence-electron chi connectivity index (χ3n) is 3.99. The van der Waals surface area contributed by atoms with Crippen molar-refractivity contribution in [3.05, 3.63) is 35.9 Å². The Bertz CT molecular complexity index is 422.